The summed E-state index contributed by atoms with van der Waals surface area (Å²) in [7, 11) is 0. The van der Waals surface area contributed by atoms with Gasteiger partial charge >= 0.3 is 0 Å². The lowest BCUT2D eigenvalue weighted by atomic mass is 9.98. The van der Waals surface area contributed by atoms with E-state index in [1.165, 1.54) is 24.0 Å². The third-order valence-corrected chi connectivity index (χ3v) is 3.77. The van der Waals surface area contributed by atoms with E-state index in [-0.39, 0.29) is 6.29 Å². The fourth-order valence-corrected chi connectivity index (χ4v) is 2.74. The van der Waals surface area contributed by atoms with E-state index in [0.717, 1.165) is 26.1 Å². The van der Waals surface area contributed by atoms with Crippen LogP contribution in [0.5, 0.6) is 0 Å². The molecule has 2 unspecified atom stereocenters. The molecule has 18 heavy (non-hydrogen) atoms. The molecule has 0 N–H and O–H groups in total. The minimum Gasteiger partial charge on any atom is -0.353 e. The van der Waals surface area contributed by atoms with Crippen LogP contribution >= 0.6 is 0 Å². The third-order valence-electron chi connectivity index (χ3n) is 3.77. The summed E-state index contributed by atoms with van der Waals surface area (Å²) < 4.78 is 11.4. The Morgan fingerprint density at radius 1 is 1.22 bits per heavy atom. The molecule has 1 heterocycles. The summed E-state index contributed by atoms with van der Waals surface area (Å²) in [4.78, 5) is 0. The van der Waals surface area contributed by atoms with Crippen molar-refractivity contribution in [3.8, 4) is 0 Å². The van der Waals surface area contributed by atoms with E-state index in [1.807, 2.05) is 0 Å². The molecule has 1 aliphatic heterocycles. The molecule has 0 saturated carbocycles. The van der Waals surface area contributed by atoms with Gasteiger partial charge in [-0.3, -0.25) is 0 Å². The van der Waals surface area contributed by atoms with E-state index in [2.05, 4.69) is 36.4 Å². The zero-order valence-electron chi connectivity index (χ0n) is 10.7. The van der Waals surface area contributed by atoms with E-state index in [4.69, 9.17) is 9.47 Å². The molecule has 2 aliphatic rings. The molecule has 3 rings (SSSR count). The number of allylic oxidation sites excluding steroid dienone is 1. The minimum atomic E-state index is 0.0411. The lowest BCUT2D eigenvalue weighted by Gasteiger charge is -2.23. The molecule has 0 amide bonds. The van der Waals surface area contributed by atoms with Crippen LogP contribution in [0.2, 0.25) is 0 Å². The summed E-state index contributed by atoms with van der Waals surface area (Å²) in [6.45, 7) is 1.64. The Morgan fingerprint density at radius 3 is 3.06 bits per heavy atom. The van der Waals surface area contributed by atoms with Gasteiger partial charge in [0.25, 0.3) is 0 Å². The van der Waals surface area contributed by atoms with Crippen LogP contribution in [0.25, 0.3) is 6.08 Å². The summed E-state index contributed by atoms with van der Waals surface area (Å²) in [6, 6.07) is 8.61. The SMILES string of the molecule is C1=CC(CCOC2CCCCO2)c2ccccc21. The smallest absolute Gasteiger partial charge is 0.157 e. The van der Waals surface area contributed by atoms with Gasteiger partial charge in [0, 0.05) is 12.5 Å². The van der Waals surface area contributed by atoms with Crippen molar-refractivity contribution >= 4 is 6.08 Å². The van der Waals surface area contributed by atoms with Gasteiger partial charge in [0.1, 0.15) is 0 Å². The van der Waals surface area contributed by atoms with Gasteiger partial charge in [0.2, 0.25) is 0 Å². The molecular weight excluding hydrogens is 224 g/mol. The molecule has 1 aromatic carbocycles. The summed E-state index contributed by atoms with van der Waals surface area (Å²) in [6.07, 6.45) is 9.06. The van der Waals surface area contributed by atoms with Crippen LogP contribution in [0, 0.1) is 0 Å². The monoisotopic (exact) mass is 244 g/mol. The maximum atomic E-state index is 5.80. The first-order valence-electron chi connectivity index (χ1n) is 6.94. The number of benzene rings is 1. The average molecular weight is 244 g/mol. The van der Waals surface area contributed by atoms with E-state index < -0.39 is 0 Å². The minimum absolute atomic E-state index is 0.0411. The Hall–Kier alpha value is -1.12. The first-order valence-corrected chi connectivity index (χ1v) is 6.94. The van der Waals surface area contributed by atoms with Crippen molar-refractivity contribution in [2.24, 2.45) is 0 Å². The zero-order valence-corrected chi connectivity index (χ0v) is 10.7. The van der Waals surface area contributed by atoms with Gasteiger partial charge in [0.05, 0.1) is 6.61 Å². The summed E-state index contributed by atoms with van der Waals surface area (Å²) in [5.41, 5.74) is 2.79. The maximum absolute atomic E-state index is 5.80. The number of hydrogen-bond donors (Lipinski definition) is 0. The predicted octanol–water partition coefficient (Wildman–Crippen LogP) is 3.73. The average Bonchev–Trinajstić information content (AvgIpc) is 2.84. The van der Waals surface area contributed by atoms with E-state index in [0.29, 0.717) is 5.92 Å². The van der Waals surface area contributed by atoms with Crippen molar-refractivity contribution in [2.45, 2.75) is 37.9 Å². The predicted molar refractivity (Wildman–Crippen MR) is 72.4 cm³/mol. The molecule has 96 valence electrons. The van der Waals surface area contributed by atoms with Crippen LogP contribution in [0.1, 0.15) is 42.7 Å². The van der Waals surface area contributed by atoms with Gasteiger partial charge < -0.3 is 9.47 Å². The van der Waals surface area contributed by atoms with E-state index >= 15 is 0 Å². The number of hydrogen-bond acceptors (Lipinski definition) is 2. The Morgan fingerprint density at radius 2 is 2.17 bits per heavy atom. The molecule has 2 heteroatoms. The molecule has 0 radical (unpaired) electrons. The van der Waals surface area contributed by atoms with Crippen LogP contribution in [-0.4, -0.2) is 19.5 Å². The normalized spacial score (nSPS) is 26.2. The van der Waals surface area contributed by atoms with Crippen LogP contribution in [0.4, 0.5) is 0 Å². The van der Waals surface area contributed by atoms with Crippen LogP contribution in [0.3, 0.4) is 0 Å². The number of rotatable bonds is 4. The van der Waals surface area contributed by atoms with Crippen molar-refractivity contribution in [1.29, 1.82) is 0 Å². The fourth-order valence-electron chi connectivity index (χ4n) is 2.74. The largest absolute Gasteiger partial charge is 0.353 e. The highest BCUT2D eigenvalue weighted by molar-refractivity contribution is 5.62. The molecule has 0 bridgehead atoms. The Labute approximate surface area is 109 Å². The molecule has 0 spiro atoms. The second kappa shape index (κ2) is 5.68. The fraction of sp³-hybridized carbons (Fsp3) is 0.500. The number of ether oxygens (including phenoxy) is 2. The number of fused-ring (bicyclic) bond motifs is 1. The van der Waals surface area contributed by atoms with Crippen molar-refractivity contribution in [3.05, 3.63) is 41.5 Å². The first-order chi connectivity index (χ1) is 8.93. The topological polar surface area (TPSA) is 18.5 Å². The molecule has 1 aliphatic carbocycles. The quantitative estimate of drug-likeness (QED) is 0.803. The summed E-state index contributed by atoms with van der Waals surface area (Å²) in [5, 5.41) is 0. The van der Waals surface area contributed by atoms with Crippen LogP contribution in [0.15, 0.2) is 30.3 Å². The summed E-state index contributed by atoms with van der Waals surface area (Å²) >= 11 is 0. The summed E-state index contributed by atoms with van der Waals surface area (Å²) in [5.74, 6) is 0.518. The first kappa shape index (κ1) is 11.9. The maximum Gasteiger partial charge on any atom is 0.157 e. The van der Waals surface area contributed by atoms with Gasteiger partial charge in [-0.15, -0.1) is 0 Å². The second-order valence-electron chi connectivity index (χ2n) is 5.05. The van der Waals surface area contributed by atoms with Gasteiger partial charge in [-0.2, -0.15) is 0 Å². The third kappa shape index (κ3) is 2.65. The Balaban J connectivity index is 1.48. The Bertz CT molecular complexity index is 419. The molecular formula is C16H20O2. The van der Waals surface area contributed by atoms with Crippen molar-refractivity contribution in [2.75, 3.05) is 13.2 Å². The van der Waals surface area contributed by atoms with Crippen molar-refractivity contribution in [3.63, 3.8) is 0 Å². The van der Waals surface area contributed by atoms with E-state index in [9.17, 15) is 0 Å². The van der Waals surface area contributed by atoms with Crippen LogP contribution < -0.4 is 0 Å². The second-order valence-corrected chi connectivity index (χ2v) is 5.05. The molecule has 0 aromatic heterocycles. The molecule has 1 saturated heterocycles. The molecule has 2 nitrogen and oxygen atoms in total. The van der Waals surface area contributed by atoms with Crippen molar-refractivity contribution < 1.29 is 9.47 Å². The van der Waals surface area contributed by atoms with Gasteiger partial charge in [-0.05, 0) is 36.8 Å². The molecule has 1 aromatic rings. The highest BCUT2D eigenvalue weighted by atomic mass is 16.7. The Kier molecular flexibility index (Phi) is 3.77. The van der Waals surface area contributed by atoms with Crippen LogP contribution in [-0.2, 0) is 9.47 Å². The van der Waals surface area contributed by atoms with Crippen molar-refractivity contribution in [1.82, 2.24) is 0 Å². The standard InChI is InChI=1S/C16H20O2/c1-2-6-15-13(5-1)8-9-14(15)10-12-18-16-7-3-4-11-17-16/h1-2,5-6,8-9,14,16H,3-4,7,10-12H2. The lowest BCUT2D eigenvalue weighted by Crippen LogP contribution is -2.23. The lowest BCUT2D eigenvalue weighted by molar-refractivity contribution is -0.162. The zero-order chi connectivity index (χ0) is 12.2. The molecule has 1 fully saturated rings. The molecule has 2 atom stereocenters. The highest BCUT2D eigenvalue weighted by Crippen LogP contribution is 2.32. The van der Waals surface area contributed by atoms with Gasteiger partial charge in [-0.1, -0.05) is 36.4 Å². The highest BCUT2D eigenvalue weighted by Gasteiger charge is 2.18. The van der Waals surface area contributed by atoms with Gasteiger partial charge in [-0.25, -0.2) is 0 Å². The van der Waals surface area contributed by atoms with Gasteiger partial charge in [0.15, 0.2) is 6.29 Å². The van der Waals surface area contributed by atoms with E-state index in [1.54, 1.807) is 0 Å².